The first-order valence-electron chi connectivity index (χ1n) is 9.92. The molecule has 0 spiro atoms. The molecule has 0 unspecified atom stereocenters. The summed E-state index contributed by atoms with van der Waals surface area (Å²) in [6, 6.07) is 14.9. The van der Waals surface area contributed by atoms with Crippen LogP contribution in [0.2, 0.25) is 0 Å². The third kappa shape index (κ3) is 5.42. The lowest BCUT2D eigenvalue weighted by Crippen LogP contribution is -2.23. The van der Waals surface area contributed by atoms with E-state index in [2.05, 4.69) is 20.8 Å². The van der Waals surface area contributed by atoms with E-state index in [4.69, 9.17) is 9.15 Å². The first-order chi connectivity index (χ1) is 16.9. The number of ether oxygens (including phenoxy) is 1. The summed E-state index contributed by atoms with van der Waals surface area (Å²) in [5.74, 6) is -2.27. The highest BCUT2D eigenvalue weighted by atomic mass is 19.1. The first-order valence-corrected chi connectivity index (χ1v) is 9.92. The molecule has 1 N–H and O–H groups in total. The standard InChI is InChI=1S/C22H15FN6O6/c23-17-9-8-15(11-18(17)29(32)33)24-20(30)13-35-22(31)19(12-16-7-4-10-34-16)28-21(25-26-27-28)14-5-2-1-3-6-14/h1-12H,13H2,(H,24,30)/b19-12-. The lowest BCUT2D eigenvalue weighted by Gasteiger charge is -2.10. The van der Waals surface area contributed by atoms with Gasteiger partial charge >= 0.3 is 11.7 Å². The van der Waals surface area contributed by atoms with Gasteiger partial charge in [-0.3, -0.25) is 14.9 Å². The van der Waals surface area contributed by atoms with Crippen LogP contribution in [0.3, 0.4) is 0 Å². The number of aromatic nitrogens is 4. The fraction of sp³-hybridized carbons (Fsp3) is 0.0455. The van der Waals surface area contributed by atoms with Crippen molar-refractivity contribution in [3.8, 4) is 11.4 Å². The number of nitro benzene ring substituents is 1. The molecule has 2 heterocycles. The van der Waals surface area contributed by atoms with Gasteiger partial charge in [0.05, 0.1) is 11.2 Å². The number of benzene rings is 2. The fourth-order valence-corrected chi connectivity index (χ4v) is 2.96. The van der Waals surface area contributed by atoms with Gasteiger partial charge < -0.3 is 14.5 Å². The zero-order valence-corrected chi connectivity index (χ0v) is 17.7. The number of amides is 1. The maximum absolute atomic E-state index is 13.5. The molecule has 2 aromatic carbocycles. The summed E-state index contributed by atoms with van der Waals surface area (Å²) in [5, 5.41) is 24.6. The molecular weight excluding hydrogens is 463 g/mol. The zero-order chi connectivity index (χ0) is 24.8. The third-order valence-corrected chi connectivity index (χ3v) is 4.52. The smallest absolute Gasteiger partial charge is 0.357 e. The van der Waals surface area contributed by atoms with E-state index in [1.54, 1.807) is 42.5 Å². The van der Waals surface area contributed by atoms with E-state index in [-0.39, 0.29) is 17.2 Å². The number of carbonyl (C=O) groups excluding carboxylic acids is 2. The maximum Gasteiger partial charge on any atom is 0.357 e. The van der Waals surface area contributed by atoms with Crippen molar-refractivity contribution in [1.82, 2.24) is 20.2 Å². The quantitative estimate of drug-likeness (QED) is 0.174. The van der Waals surface area contributed by atoms with Crippen LogP contribution in [0.4, 0.5) is 15.8 Å². The minimum absolute atomic E-state index is 0.0441. The van der Waals surface area contributed by atoms with Crippen LogP contribution >= 0.6 is 0 Å². The van der Waals surface area contributed by atoms with Crippen molar-refractivity contribution in [1.29, 1.82) is 0 Å². The average molecular weight is 478 g/mol. The predicted molar refractivity (Wildman–Crippen MR) is 119 cm³/mol. The summed E-state index contributed by atoms with van der Waals surface area (Å²) < 4.78 is 25.0. The van der Waals surface area contributed by atoms with Crippen molar-refractivity contribution >= 4 is 35.0 Å². The van der Waals surface area contributed by atoms with Crippen molar-refractivity contribution < 1.29 is 28.1 Å². The Morgan fingerprint density at radius 1 is 1.17 bits per heavy atom. The van der Waals surface area contributed by atoms with Crippen LogP contribution in [0.1, 0.15) is 5.76 Å². The first kappa shape index (κ1) is 23.0. The summed E-state index contributed by atoms with van der Waals surface area (Å²) in [4.78, 5) is 35.1. The molecule has 35 heavy (non-hydrogen) atoms. The molecule has 4 rings (SSSR count). The van der Waals surface area contributed by atoms with Crippen LogP contribution in [0.25, 0.3) is 23.2 Å². The Labute approximate surface area is 195 Å². The van der Waals surface area contributed by atoms with Gasteiger partial charge in [0.15, 0.2) is 18.1 Å². The highest BCUT2D eigenvalue weighted by Gasteiger charge is 2.22. The minimum atomic E-state index is -1.05. The van der Waals surface area contributed by atoms with Crippen molar-refractivity contribution in [3.63, 3.8) is 0 Å². The highest BCUT2D eigenvalue weighted by molar-refractivity contribution is 6.16. The number of halogens is 1. The SMILES string of the molecule is O=C(COC(=O)/C(=C/c1ccco1)n1nnnc1-c1ccccc1)Nc1ccc(F)c([N+](=O)[O-])c1. The van der Waals surface area contributed by atoms with E-state index in [1.165, 1.54) is 12.3 Å². The molecule has 176 valence electrons. The number of nitro groups is 1. The molecule has 0 saturated carbocycles. The number of rotatable bonds is 8. The van der Waals surface area contributed by atoms with Crippen LogP contribution in [-0.4, -0.2) is 43.6 Å². The van der Waals surface area contributed by atoms with Crippen LogP contribution in [0, 0.1) is 15.9 Å². The Bertz CT molecular complexity index is 1400. The van der Waals surface area contributed by atoms with Crippen molar-refractivity contribution in [2.45, 2.75) is 0 Å². The number of tetrazole rings is 1. The van der Waals surface area contributed by atoms with Crippen LogP contribution in [0.5, 0.6) is 0 Å². The molecule has 0 fully saturated rings. The van der Waals surface area contributed by atoms with E-state index in [1.807, 2.05) is 0 Å². The van der Waals surface area contributed by atoms with Gasteiger partial charge in [-0.05, 0) is 34.7 Å². The average Bonchev–Trinajstić information content (AvgIpc) is 3.55. The predicted octanol–water partition coefficient (Wildman–Crippen LogP) is 3.16. The topological polar surface area (TPSA) is 155 Å². The van der Waals surface area contributed by atoms with E-state index in [0.717, 1.165) is 22.9 Å². The number of anilines is 1. The van der Waals surface area contributed by atoms with Crippen molar-refractivity contribution in [3.05, 3.63) is 88.6 Å². The van der Waals surface area contributed by atoms with Gasteiger partial charge in [-0.2, -0.15) is 9.07 Å². The van der Waals surface area contributed by atoms with Crippen LogP contribution in [0.15, 0.2) is 71.3 Å². The second kappa shape index (κ2) is 10.2. The highest BCUT2D eigenvalue weighted by Crippen LogP contribution is 2.23. The number of nitrogens with one attached hydrogen (secondary N) is 1. The molecule has 4 aromatic rings. The summed E-state index contributed by atoms with van der Waals surface area (Å²) in [5.41, 5.74) is -0.381. The molecule has 0 saturated heterocycles. The van der Waals surface area contributed by atoms with Gasteiger partial charge in [0.1, 0.15) is 5.76 Å². The van der Waals surface area contributed by atoms with Crippen LogP contribution < -0.4 is 5.32 Å². The summed E-state index contributed by atoms with van der Waals surface area (Å²) in [7, 11) is 0. The summed E-state index contributed by atoms with van der Waals surface area (Å²) in [6.07, 6.45) is 2.74. The van der Waals surface area contributed by atoms with E-state index in [9.17, 15) is 24.1 Å². The zero-order valence-electron chi connectivity index (χ0n) is 17.7. The number of esters is 1. The Morgan fingerprint density at radius 2 is 1.97 bits per heavy atom. The number of furan rings is 1. The Kier molecular flexibility index (Phi) is 6.67. The lowest BCUT2D eigenvalue weighted by molar-refractivity contribution is -0.387. The van der Waals surface area contributed by atoms with Crippen molar-refractivity contribution in [2.75, 3.05) is 11.9 Å². The van der Waals surface area contributed by atoms with Gasteiger partial charge in [0, 0.05) is 23.4 Å². The van der Waals surface area contributed by atoms with Gasteiger partial charge in [-0.1, -0.05) is 30.3 Å². The molecule has 0 bridgehead atoms. The Balaban J connectivity index is 1.53. The number of nitrogens with zero attached hydrogens (tertiary/aromatic N) is 5. The molecule has 12 nitrogen and oxygen atoms in total. The van der Waals surface area contributed by atoms with E-state index in [0.29, 0.717) is 11.3 Å². The number of carbonyl (C=O) groups is 2. The monoisotopic (exact) mass is 478 g/mol. The van der Waals surface area contributed by atoms with Crippen molar-refractivity contribution in [2.24, 2.45) is 0 Å². The molecule has 13 heteroatoms. The molecular formula is C22H15FN6O6. The number of hydrogen-bond acceptors (Lipinski definition) is 9. The summed E-state index contributed by atoms with van der Waals surface area (Å²) in [6.45, 7) is -0.748. The largest absolute Gasteiger partial charge is 0.465 e. The second-order valence-corrected chi connectivity index (χ2v) is 6.87. The normalized spacial score (nSPS) is 11.2. The van der Waals surface area contributed by atoms with E-state index >= 15 is 0 Å². The summed E-state index contributed by atoms with van der Waals surface area (Å²) >= 11 is 0. The van der Waals surface area contributed by atoms with E-state index < -0.39 is 34.9 Å². The second-order valence-electron chi connectivity index (χ2n) is 6.87. The van der Waals surface area contributed by atoms with Gasteiger partial charge in [-0.15, -0.1) is 5.10 Å². The molecule has 0 aliphatic heterocycles. The lowest BCUT2D eigenvalue weighted by atomic mass is 10.2. The Morgan fingerprint density at radius 3 is 2.69 bits per heavy atom. The van der Waals surface area contributed by atoms with Crippen LogP contribution in [-0.2, 0) is 14.3 Å². The molecule has 0 atom stereocenters. The Hall–Kier alpha value is -5.20. The minimum Gasteiger partial charge on any atom is -0.465 e. The maximum atomic E-state index is 13.5. The van der Waals surface area contributed by atoms with Gasteiger partial charge in [0.25, 0.3) is 5.91 Å². The fourth-order valence-electron chi connectivity index (χ4n) is 2.96. The third-order valence-electron chi connectivity index (χ3n) is 4.52. The molecule has 0 aliphatic carbocycles. The molecule has 0 radical (unpaired) electrons. The molecule has 1 amide bonds. The number of hydrogen-bond donors (Lipinski definition) is 1. The van der Waals surface area contributed by atoms with Gasteiger partial charge in [0.2, 0.25) is 5.82 Å². The van der Waals surface area contributed by atoms with Gasteiger partial charge in [-0.25, -0.2) is 4.79 Å². The molecule has 0 aliphatic rings. The molecule has 2 aromatic heterocycles.